The third-order valence-electron chi connectivity index (χ3n) is 20.4. The van der Waals surface area contributed by atoms with Gasteiger partial charge in [-0.05, 0) is 211 Å². The van der Waals surface area contributed by atoms with Crippen LogP contribution in [0, 0.1) is 0 Å². The number of rotatable bonds is 9. The van der Waals surface area contributed by atoms with E-state index in [2.05, 4.69) is 372 Å². The summed E-state index contributed by atoms with van der Waals surface area (Å²) < 4.78 is 0. The molecular weight excluding hydrogens is 1200 g/mol. The van der Waals surface area contributed by atoms with Gasteiger partial charge in [-0.15, -0.1) is 0 Å². The Balaban J connectivity index is 1.08. The first-order valence-electron chi connectivity index (χ1n) is 35.0. The monoisotopic (exact) mass is 1280 g/mol. The van der Waals surface area contributed by atoms with Crippen LogP contribution in [0.4, 0.5) is 34.1 Å². The van der Waals surface area contributed by atoms with Crippen molar-refractivity contribution >= 4 is 78.8 Å². The molecule has 99 heavy (non-hydrogen) atoms. The van der Waals surface area contributed by atoms with E-state index in [1.807, 2.05) is 0 Å². The highest BCUT2D eigenvalue weighted by molar-refractivity contribution is 7.03. The Labute approximate surface area is 584 Å². The zero-order chi connectivity index (χ0) is 68.3. The van der Waals surface area contributed by atoms with E-state index in [0.29, 0.717) is 17.5 Å². The molecule has 0 saturated heterocycles. The Hall–Kier alpha value is -10.9. The third kappa shape index (κ3) is 11.6. The van der Waals surface area contributed by atoms with Gasteiger partial charge in [-0.1, -0.05) is 277 Å². The molecule has 6 heteroatoms. The molecule has 0 bridgehead atoms. The van der Waals surface area contributed by atoms with Crippen molar-refractivity contribution in [1.82, 2.24) is 15.0 Å². The molecule has 14 aromatic rings. The first-order chi connectivity index (χ1) is 47.6. The van der Waals surface area contributed by atoms with Gasteiger partial charge in [0.05, 0.1) is 0 Å². The summed E-state index contributed by atoms with van der Waals surface area (Å²) in [5.41, 5.74) is 26.2. The highest BCUT2D eigenvalue weighted by Crippen LogP contribution is 2.50. The maximum Gasteiger partial charge on any atom is 0.253 e. The lowest BCUT2D eigenvalue weighted by atomic mass is 9.32. The Morgan fingerprint density at radius 1 is 0.232 bits per heavy atom. The molecule has 1 aromatic heterocycles. The zero-order valence-corrected chi connectivity index (χ0v) is 58.9. The summed E-state index contributed by atoms with van der Waals surface area (Å²) >= 11 is 0. The van der Waals surface area contributed by atoms with E-state index in [9.17, 15) is 0 Å². The molecule has 3 heterocycles. The van der Waals surface area contributed by atoms with Crippen molar-refractivity contribution in [2.75, 3.05) is 9.80 Å². The average molecular weight is 1280 g/mol. The molecule has 2 aliphatic rings. The van der Waals surface area contributed by atoms with Gasteiger partial charge in [-0.3, -0.25) is 0 Å². The van der Waals surface area contributed by atoms with Crippen LogP contribution in [-0.4, -0.2) is 21.7 Å². The predicted molar refractivity (Wildman–Crippen MR) is 422 cm³/mol. The van der Waals surface area contributed by atoms with Gasteiger partial charge >= 0.3 is 0 Å². The summed E-state index contributed by atoms with van der Waals surface area (Å²) in [6.45, 7) is 27.4. The fraction of sp³-hybridized carbons (Fsp3) is 0.172. The van der Waals surface area contributed by atoms with Gasteiger partial charge in [0.2, 0.25) is 0 Å². The zero-order valence-electron chi connectivity index (χ0n) is 58.9. The van der Waals surface area contributed by atoms with E-state index < -0.39 is 0 Å². The average Bonchev–Trinajstić information content (AvgIpc) is 0.684. The Morgan fingerprint density at radius 2 is 0.515 bits per heavy atom. The number of fused-ring (bicyclic) bond motifs is 8. The van der Waals surface area contributed by atoms with E-state index in [0.717, 1.165) is 95.3 Å². The van der Waals surface area contributed by atoms with E-state index >= 15 is 0 Å². The molecular formula is C93H82BN5. The molecule has 5 nitrogen and oxygen atoms in total. The first-order valence-corrected chi connectivity index (χ1v) is 35.0. The molecule has 0 aliphatic carbocycles. The van der Waals surface area contributed by atoms with Crippen LogP contribution >= 0.6 is 0 Å². The van der Waals surface area contributed by atoms with Crippen molar-refractivity contribution in [3.05, 3.63) is 301 Å². The topological polar surface area (TPSA) is 45.2 Å². The van der Waals surface area contributed by atoms with Crippen LogP contribution in [0.3, 0.4) is 0 Å². The highest BCUT2D eigenvalue weighted by atomic mass is 15.2. The summed E-state index contributed by atoms with van der Waals surface area (Å²) in [4.78, 5) is 22.6. The molecule has 482 valence electrons. The summed E-state index contributed by atoms with van der Waals surface area (Å²) in [7, 11) is 0. The molecule has 0 N–H and O–H groups in total. The van der Waals surface area contributed by atoms with E-state index in [1.165, 1.54) is 60.2 Å². The smallest absolute Gasteiger partial charge is 0.253 e. The van der Waals surface area contributed by atoms with E-state index in [-0.39, 0.29) is 28.4 Å². The molecule has 16 rings (SSSR count). The van der Waals surface area contributed by atoms with E-state index in [4.69, 9.17) is 15.0 Å². The summed E-state index contributed by atoms with van der Waals surface area (Å²) in [6.07, 6.45) is 0. The molecule has 0 atom stereocenters. The van der Waals surface area contributed by atoms with Crippen molar-refractivity contribution in [2.24, 2.45) is 0 Å². The van der Waals surface area contributed by atoms with Gasteiger partial charge in [0, 0.05) is 50.8 Å². The Kier molecular flexibility index (Phi) is 15.2. The second-order valence-corrected chi connectivity index (χ2v) is 31.4. The van der Waals surface area contributed by atoms with Gasteiger partial charge in [0.25, 0.3) is 6.71 Å². The van der Waals surface area contributed by atoms with Crippen LogP contribution < -0.4 is 26.2 Å². The maximum absolute atomic E-state index is 5.87. The van der Waals surface area contributed by atoms with Gasteiger partial charge in [-0.2, -0.15) is 0 Å². The van der Waals surface area contributed by atoms with Crippen molar-refractivity contribution in [3.63, 3.8) is 0 Å². The number of nitrogens with zero attached hydrogens (tertiary/aromatic N) is 5. The molecule has 0 radical (unpaired) electrons. The lowest BCUT2D eigenvalue weighted by Crippen LogP contribution is -2.61. The van der Waals surface area contributed by atoms with Crippen LogP contribution in [0.5, 0.6) is 0 Å². The minimum Gasteiger partial charge on any atom is -0.311 e. The fourth-order valence-corrected chi connectivity index (χ4v) is 14.9. The van der Waals surface area contributed by atoms with Gasteiger partial charge in [0.15, 0.2) is 17.5 Å². The molecule has 0 fully saturated rings. The molecule has 0 amide bonds. The molecule has 0 saturated carbocycles. The van der Waals surface area contributed by atoms with E-state index in [1.54, 1.807) is 0 Å². The number of hydrogen-bond donors (Lipinski definition) is 0. The molecule has 0 spiro atoms. The third-order valence-corrected chi connectivity index (χ3v) is 20.4. The van der Waals surface area contributed by atoms with Crippen LogP contribution in [0.1, 0.15) is 105 Å². The second-order valence-electron chi connectivity index (χ2n) is 31.4. The highest BCUT2D eigenvalue weighted by Gasteiger charge is 2.46. The lowest BCUT2D eigenvalue weighted by Gasteiger charge is -2.45. The lowest BCUT2D eigenvalue weighted by molar-refractivity contribution is 0.568. The minimum absolute atomic E-state index is 0.165. The van der Waals surface area contributed by atoms with Gasteiger partial charge < -0.3 is 9.80 Å². The summed E-state index contributed by atoms with van der Waals surface area (Å²) in [6, 6.07) is 104. The standard InChI is InChI=1S/C93H82BN5/c1-90(2,3)72-47-69(48-73(57-72)91(4,5)6)87-95-88(70-49-74(92(7,8)9)58-75(50-70)93(10,11)12)97-89(96-87)71-55-82-86-83(56-71)99(77-53-67(61-33-21-15-22-34-61)46-68(54-77)62-35-23-16-24-36-62)81-44-42-64-38-26-28-40-79(64)85(81)94(86)84-78-39-27-25-37-63(78)41-43-80(84)98(82)76-51-65(59-29-17-13-18-30-59)45-66(52-76)60-31-19-14-20-32-60/h13-58H,1-12H3. The van der Waals surface area contributed by atoms with Crippen molar-refractivity contribution in [2.45, 2.75) is 105 Å². The van der Waals surface area contributed by atoms with Gasteiger partial charge in [-0.25, -0.2) is 15.0 Å². The SMILES string of the molecule is CC(C)(C)c1cc(-c2nc(-c3cc(C(C)(C)C)cc(C(C)(C)C)c3)nc(-c3cc4c5c(c3)N(c3cc(-c6ccccc6)cc(-c6ccccc6)c3)c3ccc6ccccc6c3B5c3c(ccc5ccccc35)N4c3cc(-c4ccccc4)cc(-c4ccccc4)c3)n2)cc(C(C)(C)C)c1. The Bertz CT molecular complexity index is 4970. The maximum atomic E-state index is 5.87. The van der Waals surface area contributed by atoms with Crippen molar-refractivity contribution in [3.8, 4) is 78.7 Å². The summed E-state index contributed by atoms with van der Waals surface area (Å²) in [5, 5.41) is 4.80. The van der Waals surface area contributed by atoms with Crippen molar-refractivity contribution in [1.29, 1.82) is 0 Å². The van der Waals surface area contributed by atoms with Crippen molar-refractivity contribution < 1.29 is 0 Å². The van der Waals surface area contributed by atoms with Crippen LogP contribution in [0.25, 0.3) is 100 Å². The van der Waals surface area contributed by atoms with Crippen LogP contribution in [0.15, 0.2) is 279 Å². The normalized spacial score (nSPS) is 13.0. The number of benzene rings is 13. The summed E-state index contributed by atoms with van der Waals surface area (Å²) in [5.74, 6) is 1.84. The number of hydrogen-bond acceptors (Lipinski definition) is 5. The quantitative estimate of drug-likeness (QED) is 0.135. The first kappa shape index (κ1) is 62.8. The number of anilines is 6. The van der Waals surface area contributed by atoms with Gasteiger partial charge in [0.1, 0.15) is 0 Å². The van der Waals surface area contributed by atoms with Crippen LogP contribution in [0.2, 0.25) is 0 Å². The molecule has 13 aromatic carbocycles. The van der Waals surface area contributed by atoms with Crippen LogP contribution in [-0.2, 0) is 21.7 Å². The largest absolute Gasteiger partial charge is 0.311 e. The number of aromatic nitrogens is 3. The second kappa shape index (κ2) is 24.0. The molecule has 0 unspecified atom stereocenters. The fourth-order valence-electron chi connectivity index (χ4n) is 14.9. The Morgan fingerprint density at radius 3 is 0.818 bits per heavy atom. The minimum atomic E-state index is -0.244. The predicted octanol–water partition coefficient (Wildman–Crippen LogP) is 23.1. The molecule has 2 aliphatic heterocycles.